The number of nitrogens with zero attached hydrogens (tertiary/aromatic N) is 3. The van der Waals surface area contributed by atoms with Crippen LogP contribution in [0.2, 0.25) is 0 Å². The highest BCUT2D eigenvalue weighted by molar-refractivity contribution is 5.94. The number of amides is 1. The minimum absolute atomic E-state index is 0.0409. The number of likely N-dealkylation sites (N-methyl/N-ethyl adjacent to an activating group) is 1. The fourth-order valence-electron chi connectivity index (χ4n) is 4.87. The highest BCUT2D eigenvalue weighted by atomic mass is 16.3. The molecule has 1 amide bonds. The maximum Gasteiger partial charge on any atom is 0.253 e. The zero-order valence-corrected chi connectivity index (χ0v) is 18.3. The summed E-state index contributed by atoms with van der Waals surface area (Å²) in [6.07, 6.45) is 2.20. The van der Waals surface area contributed by atoms with Crippen molar-refractivity contribution in [3.05, 3.63) is 65.2 Å². The minimum Gasteiger partial charge on any atom is -0.508 e. The molecular formula is C25H33N3O2. The molecule has 0 radical (unpaired) electrons. The SMILES string of the molecule is C[C@H]1CN([C@H](c2ccc(C(=O)N3CCCC3)cc2)c2cccc(O)c2)[C@@H](C)CN1C. The lowest BCUT2D eigenvalue weighted by Gasteiger charge is -2.46. The number of carbonyl (C=O) groups is 1. The Morgan fingerprint density at radius 1 is 0.967 bits per heavy atom. The van der Waals surface area contributed by atoms with Crippen LogP contribution >= 0.6 is 0 Å². The van der Waals surface area contributed by atoms with E-state index in [4.69, 9.17) is 0 Å². The molecule has 0 bridgehead atoms. The van der Waals surface area contributed by atoms with Gasteiger partial charge in [-0.1, -0.05) is 24.3 Å². The van der Waals surface area contributed by atoms with Crippen molar-refractivity contribution in [3.8, 4) is 5.75 Å². The van der Waals surface area contributed by atoms with Gasteiger partial charge in [0.1, 0.15) is 5.75 Å². The first kappa shape index (κ1) is 20.9. The van der Waals surface area contributed by atoms with Crippen LogP contribution in [-0.2, 0) is 0 Å². The normalized spacial score (nSPS) is 24.2. The van der Waals surface area contributed by atoms with E-state index in [-0.39, 0.29) is 17.7 Å². The second-order valence-corrected chi connectivity index (χ2v) is 8.95. The third-order valence-electron chi connectivity index (χ3n) is 6.73. The van der Waals surface area contributed by atoms with Gasteiger partial charge in [0.05, 0.1) is 6.04 Å². The predicted molar refractivity (Wildman–Crippen MR) is 120 cm³/mol. The Kier molecular flexibility index (Phi) is 6.11. The van der Waals surface area contributed by atoms with Gasteiger partial charge in [0.25, 0.3) is 5.91 Å². The first-order chi connectivity index (χ1) is 14.4. The Bertz CT molecular complexity index is 876. The quantitative estimate of drug-likeness (QED) is 0.839. The fraction of sp³-hybridized carbons (Fsp3) is 0.480. The van der Waals surface area contributed by atoms with Gasteiger partial charge in [0.15, 0.2) is 0 Å². The molecule has 2 fully saturated rings. The summed E-state index contributed by atoms with van der Waals surface area (Å²) in [6.45, 7) is 8.21. The van der Waals surface area contributed by atoms with Crippen molar-refractivity contribution in [1.29, 1.82) is 0 Å². The molecule has 0 unspecified atom stereocenters. The summed E-state index contributed by atoms with van der Waals surface area (Å²) >= 11 is 0. The number of benzene rings is 2. The van der Waals surface area contributed by atoms with Gasteiger partial charge in [0.2, 0.25) is 0 Å². The fourth-order valence-corrected chi connectivity index (χ4v) is 4.87. The molecule has 2 aromatic rings. The topological polar surface area (TPSA) is 47.0 Å². The van der Waals surface area contributed by atoms with Crippen molar-refractivity contribution < 1.29 is 9.90 Å². The van der Waals surface area contributed by atoms with E-state index < -0.39 is 0 Å². The standard InChI is InChI=1S/C25H33N3O2/c1-18-17-28(19(2)16-26(18)3)24(22-7-6-8-23(29)15-22)20-9-11-21(12-10-20)25(30)27-13-4-5-14-27/h6-12,15,18-19,24,29H,4-5,13-14,16-17H2,1-3H3/t18-,19-,24+/m0/s1. The Morgan fingerprint density at radius 2 is 1.67 bits per heavy atom. The van der Waals surface area contributed by atoms with Crippen LogP contribution in [0.4, 0.5) is 0 Å². The van der Waals surface area contributed by atoms with Gasteiger partial charge in [-0.15, -0.1) is 0 Å². The maximum atomic E-state index is 12.8. The lowest BCUT2D eigenvalue weighted by Crippen LogP contribution is -2.55. The molecule has 0 aliphatic carbocycles. The molecule has 1 N–H and O–H groups in total. The van der Waals surface area contributed by atoms with Crippen LogP contribution in [0.3, 0.4) is 0 Å². The molecule has 160 valence electrons. The first-order valence-electron chi connectivity index (χ1n) is 11.1. The lowest BCUT2D eigenvalue weighted by molar-refractivity contribution is 0.0389. The summed E-state index contributed by atoms with van der Waals surface area (Å²) in [7, 11) is 2.18. The smallest absolute Gasteiger partial charge is 0.253 e. The summed E-state index contributed by atoms with van der Waals surface area (Å²) in [6, 6.07) is 16.6. The Morgan fingerprint density at radius 3 is 2.33 bits per heavy atom. The molecule has 5 nitrogen and oxygen atoms in total. The highest BCUT2D eigenvalue weighted by Crippen LogP contribution is 2.34. The number of phenolic OH excluding ortho intramolecular Hbond substituents is 1. The average molecular weight is 408 g/mol. The van der Waals surface area contributed by atoms with Crippen LogP contribution in [0.5, 0.6) is 5.75 Å². The second kappa shape index (κ2) is 8.78. The Labute approximate surface area is 179 Å². The van der Waals surface area contributed by atoms with Crippen molar-refractivity contribution in [2.45, 2.75) is 44.8 Å². The van der Waals surface area contributed by atoms with Gasteiger partial charge in [-0.25, -0.2) is 0 Å². The van der Waals surface area contributed by atoms with E-state index in [2.05, 4.69) is 48.9 Å². The monoisotopic (exact) mass is 407 g/mol. The molecule has 0 aromatic heterocycles. The van der Waals surface area contributed by atoms with Crippen LogP contribution in [0, 0.1) is 0 Å². The summed E-state index contributed by atoms with van der Waals surface area (Å²) in [5.74, 6) is 0.419. The number of carbonyl (C=O) groups excluding carboxylic acids is 1. The third kappa shape index (κ3) is 4.23. The van der Waals surface area contributed by atoms with Crippen molar-refractivity contribution in [2.75, 3.05) is 33.2 Å². The van der Waals surface area contributed by atoms with Gasteiger partial charge in [0, 0.05) is 43.8 Å². The highest BCUT2D eigenvalue weighted by Gasteiger charge is 2.33. The number of piperazine rings is 1. The average Bonchev–Trinajstić information content (AvgIpc) is 3.27. The molecule has 2 aliphatic heterocycles. The molecule has 2 heterocycles. The minimum atomic E-state index is 0.0409. The zero-order chi connectivity index (χ0) is 21.3. The summed E-state index contributed by atoms with van der Waals surface area (Å²) < 4.78 is 0. The van der Waals surface area contributed by atoms with E-state index in [9.17, 15) is 9.90 Å². The Balaban J connectivity index is 1.66. The van der Waals surface area contributed by atoms with Crippen LogP contribution < -0.4 is 0 Å². The molecule has 4 rings (SSSR count). The molecule has 5 heteroatoms. The number of hydrogen-bond acceptors (Lipinski definition) is 4. The van der Waals surface area contributed by atoms with E-state index in [0.717, 1.165) is 55.7 Å². The summed E-state index contributed by atoms with van der Waals surface area (Å²) in [5, 5.41) is 10.1. The molecule has 3 atom stereocenters. The molecular weight excluding hydrogens is 374 g/mol. The van der Waals surface area contributed by atoms with Crippen molar-refractivity contribution in [1.82, 2.24) is 14.7 Å². The maximum absolute atomic E-state index is 12.8. The van der Waals surface area contributed by atoms with Crippen LogP contribution in [-0.4, -0.2) is 71.0 Å². The predicted octanol–water partition coefficient (Wildman–Crippen LogP) is 3.74. The van der Waals surface area contributed by atoms with E-state index >= 15 is 0 Å². The van der Waals surface area contributed by atoms with E-state index in [1.165, 1.54) is 0 Å². The zero-order valence-electron chi connectivity index (χ0n) is 18.3. The van der Waals surface area contributed by atoms with Gasteiger partial charge < -0.3 is 14.9 Å². The number of rotatable bonds is 4. The van der Waals surface area contributed by atoms with Gasteiger partial charge in [-0.2, -0.15) is 0 Å². The molecule has 30 heavy (non-hydrogen) atoms. The number of hydrogen-bond donors (Lipinski definition) is 1. The van der Waals surface area contributed by atoms with Gasteiger partial charge >= 0.3 is 0 Å². The number of phenols is 1. The van der Waals surface area contributed by atoms with Crippen molar-refractivity contribution in [2.24, 2.45) is 0 Å². The van der Waals surface area contributed by atoms with Crippen molar-refractivity contribution in [3.63, 3.8) is 0 Å². The molecule has 2 aliphatic rings. The van der Waals surface area contributed by atoms with Gasteiger partial charge in [-0.3, -0.25) is 9.69 Å². The van der Waals surface area contributed by atoms with E-state index in [1.54, 1.807) is 6.07 Å². The molecule has 2 aromatic carbocycles. The number of likely N-dealkylation sites (tertiary alicyclic amines) is 1. The Hall–Kier alpha value is -2.37. The largest absolute Gasteiger partial charge is 0.508 e. The van der Waals surface area contributed by atoms with Crippen LogP contribution in [0.25, 0.3) is 0 Å². The van der Waals surface area contributed by atoms with E-state index in [1.807, 2.05) is 29.2 Å². The second-order valence-electron chi connectivity index (χ2n) is 8.95. The van der Waals surface area contributed by atoms with Crippen molar-refractivity contribution >= 4 is 5.91 Å². The molecule has 0 spiro atoms. The van der Waals surface area contributed by atoms with Crippen LogP contribution in [0.1, 0.15) is 54.2 Å². The molecule has 2 saturated heterocycles. The summed E-state index contributed by atoms with van der Waals surface area (Å²) in [4.78, 5) is 19.6. The molecule has 0 saturated carbocycles. The van der Waals surface area contributed by atoms with Gasteiger partial charge in [-0.05, 0) is 69.1 Å². The number of aromatic hydroxyl groups is 1. The summed E-state index contributed by atoms with van der Waals surface area (Å²) in [5.41, 5.74) is 2.99. The van der Waals surface area contributed by atoms with Crippen LogP contribution in [0.15, 0.2) is 48.5 Å². The lowest BCUT2D eigenvalue weighted by atomic mass is 9.93. The van der Waals surface area contributed by atoms with E-state index in [0.29, 0.717) is 12.1 Å². The third-order valence-corrected chi connectivity index (χ3v) is 6.73. The first-order valence-corrected chi connectivity index (χ1v) is 11.1.